The van der Waals surface area contributed by atoms with Crippen LogP contribution in [0.1, 0.15) is 81.2 Å². The second kappa shape index (κ2) is 6.90. The topological polar surface area (TPSA) is 54.5 Å². The lowest BCUT2D eigenvalue weighted by atomic mass is 9.63. The molecule has 5 rings (SSSR count). The van der Waals surface area contributed by atoms with E-state index in [2.05, 4.69) is 90.8 Å². The molecule has 30 heavy (non-hydrogen) atoms. The highest BCUT2D eigenvalue weighted by molar-refractivity contribution is 5.85. The van der Waals surface area contributed by atoms with Gasteiger partial charge in [0, 0.05) is 5.56 Å². The average molecular weight is 399 g/mol. The van der Waals surface area contributed by atoms with Crippen molar-refractivity contribution in [1.82, 2.24) is 20.6 Å². The number of hydrogen-bond donors (Lipinski definition) is 1. The molecular weight excluding hydrogens is 368 g/mol. The van der Waals surface area contributed by atoms with Crippen molar-refractivity contribution in [3.05, 3.63) is 64.2 Å². The third-order valence-corrected chi connectivity index (χ3v) is 7.16. The fraction of sp³-hybridized carbons (Fsp3) is 0.423. The Morgan fingerprint density at radius 2 is 1.70 bits per heavy atom. The van der Waals surface area contributed by atoms with E-state index in [1.54, 1.807) is 0 Å². The first kappa shape index (κ1) is 19.2. The third kappa shape index (κ3) is 3.28. The van der Waals surface area contributed by atoms with Crippen LogP contribution in [0.2, 0.25) is 0 Å². The molecule has 0 saturated carbocycles. The van der Waals surface area contributed by atoms with Gasteiger partial charge in [-0.1, -0.05) is 64.1 Å². The summed E-state index contributed by atoms with van der Waals surface area (Å²) < 4.78 is 0. The molecule has 3 aromatic rings. The van der Waals surface area contributed by atoms with Gasteiger partial charge >= 0.3 is 0 Å². The Hall–Kier alpha value is -2.75. The van der Waals surface area contributed by atoms with Gasteiger partial charge in [0.2, 0.25) is 5.82 Å². The largest absolute Gasteiger partial charge is 0.204 e. The molecule has 154 valence electrons. The van der Waals surface area contributed by atoms with E-state index in [1.165, 1.54) is 52.7 Å². The number of fused-ring (bicyclic) bond motifs is 2. The molecule has 0 atom stereocenters. The highest BCUT2D eigenvalue weighted by atomic mass is 15.5. The minimum Gasteiger partial charge on any atom is -0.177 e. The summed E-state index contributed by atoms with van der Waals surface area (Å²) in [5, 5.41) is 14.5. The minimum atomic E-state index is 0.239. The van der Waals surface area contributed by atoms with Crippen LogP contribution in [0.5, 0.6) is 0 Å². The maximum Gasteiger partial charge on any atom is 0.204 e. The molecule has 1 N–H and O–H groups in total. The lowest BCUT2D eigenvalue weighted by molar-refractivity contribution is 0.332. The Balaban J connectivity index is 1.54. The molecule has 4 heteroatoms. The molecule has 0 aliphatic heterocycles. The number of H-pyrrole nitrogens is 1. The Labute approximate surface area is 178 Å². The lowest BCUT2D eigenvalue weighted by Crippen LogP contribution is -2.33. The number of aromatic amines is 1. The van der Waals surface area contributed by atoms with E-state index >= 15 is 0 Å². The lowest BCUT2D eigenvalue weighted by Gasteiger charge is -2.42. The molecule has 0 radical (unpaired) electrons. The van der Waals surface area contributed by atoms with Crippen molar-refractivity contribution < 1.29 is 0 Å². The van der Waals surface area contributed by atoms with Crippen LogP contribution in [0.3, 0.4) is 0 Å². The van der Waals surface area contributed by atoms with Crippen molar-refractivity contribution >= 4 is 11.6 Å². The SMILES string of the molecule is CC1(C)CCC(C)(C)c2cc(C=C3CCCc4cc(-c5nn[nH]n5)ccc43)ccc21. The number of aromatic nitrogens is 4. The van der Waals surface area contributed by atoms with E-state index < -0.39 is 0 Å². The van der Waals surface area contributed by atoms with E-state index in [0.717, 1.165) is 18.4 Å². The van der Waals surface area contributed by atoms with Crippen LogP contribution < -0.4 is 0 Å². The summed E-state index contributed by atoms with van der Waals surface area (Å²) in [7, 11) is 0. The number of hydrogen-bond acceptors (Lipinski definition) is 3. The van der Waals surface area contributed by atoms with Crippen LogP contribution in [-0.2, 0) is 17.3 Å². The van der Waals surface area contributed by atoms with Crippen LogP contribution >= 0.6 is 0 Å². The van der Waals surface area contributed by atoms with E-state index in [0.29, 0.717) is 5.82 Å². The first-order valence-electron chi connectivity index (χ1n) is 11.1. The summed E-state index contributed by atoms with van der Waals surface area (Å²) >= 11 is 0. The number of allylic oxidation sites excluding steroid dienone is 1. The first-order chi connectivity index (χ1) is 14.3. The number of nitrogens with zero attached hydrogens (tertiary/aromatic N) is 3. The van der Waals surface area contributed by atoms with Gasteiger partial charge in [0.1, 0.15) is 0 Å². The zero-order valence-corrected chi connectivity index (χ0v) is 18.4. The van der Waals surface area contributed by atoms with Crippen molar-refractivity contribution in [2.75, 3.05) is 0 Å². The van der Waals surface area contributed by atoms with Gasteiger partial charge in [0.05, 0.1) is 0 Å². The van der Waals surface area contributed by atoms with E-state index in [1.807, 2.05) is 0 Å². The maximum absolute atomic E-state index is 4.13. The van der Waals surface area contributed by atoms with Crippen molar-refractivity contribution in [2.24, 2.45) is 0 Å². The third-order valence-electron chi connectivity index (χ3n) is 7.16. The first-order valence-corrected chi connectivity index (χ1v) is 11.1. The van der Waals surface area contributed by atoms with Crippen molar-refractivity contribution in [3.63, 3.8) is 0 Å². The Bertz CT molecular complexity index is 1120. The fourth-order valence-corrected chi connectivity index (χ4v) is 5.19. The summed E-state index contributed by atoms with van der Waals surface area (Å²) in [4.78, 5) is 0. The van der Waals surface area contributed by atoms with Gasteiger partial charge in [-0.15, -0.1) is 10.2 Å². The molecule has 2 aliphatic carbocycles. The van der Waals surface area contributed by atoms with Gasteiger partial charge in [-0.05, 0) is 87.6 Å². The molecular formula is C26H30N4. The molecule has 2 aromatic carbocycles. The van der Waals surface area contributed by atoms with E-state index in [4.69, 9.17) is 0 Å². The standard InChI is InChI=1S/C26H30N4/c1-25(2)12-13-26(3,4)23-15-17(8-11-22(23)25)14-18-6-5-7-19-16-20(9-10-21(18)19)24-27-29-30-28-24/h8-11,14-16H,5-7,12-13H2,1-4H3,(H,27,28,29,30). The van der Waals surface area contributed by atoms with Gasteiger partial charge in [0.25, 0.3) is 0 Å². The predicted molar refractivity (Wildman–Crippen MR) is 122 cm³/mol. The molecule has 2 aliphatic rings. The zero-order chi connectivity index (χ0) is 20.9. The smallest absolute Gasteiger partial charge is 0.177 e. The number of rotatable bonds is 2. The van der Waals surface area contributed by atoms with Gasteiger partial charge in [-0.3, -0.25) is 0 Å². The highest BCUT2D eigenvalue weighted by Crippen LogP contribution is 2.46. The second-order valence-corrected chi connectivity index (χ2v) is 10.2. The monoisotopic (exact) mass is 398 g/mol. The van der Waals surface area contributed by atoms with Gasteiger partial charge < -0.3 is 0 Å². The Kier molecular flexibility index (Phi) is 4.42. The number of benzene rings is 2. The normalized spacial score (nSPS) is 20.6. The molecule has 0 saturated heterocycles. The molecule has 1 heterocycles. The van der Waals surface area contributed by atoms with E-state index in [-0.39, 0.29) is 10.8 Å². The van der Waals surface area contributed by atoms with Crippen molar-refractivity contribution in [1.29, 1.82) is 0 Å². The summed E-state index contributed by atoms with van der Waals surface area (Å²) in [6, 6.07) is 13.7. The summed E-state index contributed by atoms with van der Waals surface area (Å²) in [5.74, 6) is 0.661. The van der Waals surface area contributed by atoms with Gasteiger partial charge in [-0.2, -0.15) is 5.21 Å². The summed E-state index contributed by atoms with van der Waals surface area (Å²) in [5.41, 5.74) is 10.1. The number of tetrazole rings is 1. The number of aryl methyl sites for hydroxylation is 1. The number of nitrogens with one attached hydrogen (secondary N) is 1. The average Bonchev–Trinajstić information content (AvgIpc) is 3.26. The molecule has 0 fully saturated rings. The Morgan fingerprint density at radius 3 is 2.47 bits per heavy atom. The van der Waals surface area contributed by atoms with Crippen molar-refractivity contribution in [3.8, 4) is 11.4 Å². The van der Waals surface area contributed by atoms with Gasteiger partial charge in [-0.25, -0.2) is 0 Å². The van der Waals surface area contributed by atoms with Crippen LogP contribution in [0.4, 0.5) is 0 Å². The predicted octanol–water partition coefficient (Wildman–Crippen LogP) is 6.09. The molecule has 0 unspecified atom stereocenters. The molecule has 0 amide bonds. The fourth-order valence-electron chi connectivity index (χ4n) is 5.19. The maximum atomic E-state index is 4.13. The second-order valence-electron chi connectivity index (χ2n) is 10.2. The summed E-state index contributed by atoms with van der Waals surface area (Å²) in [6.45, 7) is 9.57. The Morgan fingerprint density at radius 1 is 0.900 bits per heavy atom. The molecule has 1 aromatic heterocycles. The van der Waals surface area contributed by atoms with E-state index in [9.17, 15) is 0 Å². The van der Waals surface area contributed by atoms with Crippen molar-refractivity contribution in [2.45, 2.75) is 70.6 Å². The van der Waals surface area contributed by atoms with Crippen LogP contribution in [0.25, 0.3) is 23.0 Å². The van der Waals surface area contributed by atoms with Gasteiger partial charge in [0.15, 0.2) is 0 Å². The quantitative estimate of drug-likeness (QED) is 0.568. The summed E-state index contributed by atoms with van der Waals surface area (Å²) in [6.07, 6.45) is 8.31. The van der Waals surface area contributed by atoms with Crippen LogP contribution in [-0.4, -0.2) is 20.6 Å². The molecule has 0 bridgehead atoms. The minimum absolute atomic E-state index is 0.239. The van der Waals surface area contributed by atoms with Crippen LogP contribution in [0.15, 0.2) is 36.4 Å². The molecule has 4 nitrogen and oxygen atoms in total. The molecule has 0 spiro atoms. The highest BCUT2D eigenvalue weighted by Gasteiger charge is 2.36. The zero-order valence-electron chi connectivity index (χ0n) is 18.4. The van der Waals surface area contributed by atoms with Crippen LogP contribution in [0, 0.1) is 0 Å².